The summed E-state index contributed by atoms with van der Waals surface area (Å²) < 4.78 is 19.9. The van der Waals surface area contributed by atoms with Crippen LogP contribution in [0.5, 0.6) is 0 Å². The van der Waals surface area contributed by atoms with Crippen LogP contribution in [0.15, 0.2) is 0 Å². The summed E-state index contributed by atoms with van der Waals surface area (Å²) in [5.41, 5.74) is 0. The summed E-state index contributed by atoms with van der Waals surface area (Å²) >= 11 is 0. The Morgan fingerprint density at radius 3 is 1.28 bits per heavy atom. The van der Waals surface area contributed by atoms with Gasteiger partial charge in [0.15, 0.2) is 0 Å². The van der Waals surface area contributed by atoms with E-state index < -0.39 is 86.8 Å². The van der Waals surface area contributed by atoms with Gasteiger partial charge in [-0.05, 0) is 12.8 Å². The van der Waals surface area contributed by atoms with E-state index in [9.17, 15) is 40.2 Å². The van der Waals surface area contributed by atoms with Crippen LogP contribution in [-0.2, 0) is 18.9 Å². The number of hydrogen-bond donors (Lipinski definition) is 10. The molecule has 0 saturated carbocycles. The zero-order valence-electron chi connectivity index (χ0n) is 19.5. The van der Waals surface area contributed by atoms with Gasteiger partial charge in [0.2, 0.25) is 12.6 Å². The van der Waals surface area contributed by atoms with Crippen LogP contribution in [0.2, 0.25) is 0 Å². The highest BCUT2D eigenvalue weighted by atomic mass is 16.7. The van der Waals surface area contributed by atoms with Crippen molar-refractivity contribution in [2.24, 2.45) is 0 Å². The third-order valence-electron chi connectivity index (χ3n) is 5.79. The summed E-state index contributed by atoms with van der Waals surface area (Å²) in [5.74, 6) is 0. The highest BCUT2D eigenvalue weighted by Gasteiger charge is 2.46. The first kappa shape index (κ1) is 30.4. The summed E-state index contributed by atoms with van der Waals surface area (Å²) in [7, 11) is 0. The minimum atomic E-state index is -1.69. The first-order chi connectivity index (χ1) is 17.1. The van der Waals surface area contributed by atoms with Crippen molar-refractivity contribution in [1.82, 2.24) is 10.6 Å². The van der Waals surface area contributed by atoms with Crippen molar-refractivity contribution in [2.75, 3.05) is 26.3 Å². The zero-order valence-corrected chi connectivity index (χ0v) is 19.5. The number of aliphatic hydroxyl groups is 8. The molecule has 2 saturated heterocycles. The van der Waals surface area contributed by atoms with Crippen LogP contribution in [0, 0.1) is 0 Å². The summed E-state index contributed by atoms with van der Waals surface area (Å²) in [6, 6.07) is 0. The number of hydrogen-bond acceptors (Lipinski definition) is 14. The number of rotatable bonds is 11. The molecule has 2 rings (SSSR count). The Morgan fingerprint density at radius 1 is 0.583 bits per heavy atom. The maximum Gasteiger partial charge on any atom is 0.409 e. The Hall–Kier alpha value is -1.86. The van der Waals surface area contributed by atoms with Gasteiger partial charge in [-0.25, -0.2) is 9.59 Å². The average Bonchev–Trinajstić information content (AvgIpc) is 2.86. The quantitative estimate of drug-likeness (QED) is 0.114. The van der Waals surface area contributed by atoms with E-state index >= 15 is 0 Å². The highest BCUT2D eigenvalue weighted by molar-refractivity contribution is 5.67. The van der Waals surface area contributed by atoms with Gasteiger partial charge in [0.05, 0.1) is 13.2 Å². The molecular weight excluding hydrogens is 492 g/mol. The summed E-state index contributed by atoms with van der Waals surface area (Å²) in [4.78, 5) is 23.7. The van der Waals surface area contributed by atoms with Crippen LogP contribution in [0.25, 0.3) is 0 Å². The molecule has 2 heterocycles. The van der Waals surface area contributed by atoms with E-state index in [-0.39, 0.29) is 13.1 Å². The molecule has 0 aliphatic carbocycles. The monoisotopic (exact) mass is 528 g/mol. The van der Waals surface area contributed by atoms with Gasteiger partial charge in [0.1, 0.15) is 48.8 Å². The molecule has 2 fully saturated rings. The van der Waals surface area contributed by atoms with Crippen molar-refractivity contribution >= 4 is 12.2 Å². The van der Waals surface area contributed by atoms with Crippen molar-refractivity contribution in [3.63, 3.8) is 0 Å². The smallest absolute Gasteiger partial charge is 0.409 e. The second-order valence-electron chi connectivity index (χ2n) is 8.47. The third-order valence-corrected chi connectivity index (χ3v) is 5.79. The SMILES string of the molecule is O=C(NCCCCCCNC(=O)O[C@@H]1O[C@H](CO)[C@H](O)[C@H](O)[C@H]1O)O[C@@H]1O[C@H](CO)[C@H](O)[C@H](O)[C@H]1O. The first-order valence-corrected chi connectivity index (χ1v) is 11.6. The molecule has 10 N–H and O–H groups in total. The highest BCUT2D eigenvalue weighted by Crippen LogP contribution is 2.23. The average molecular weight is 529 g/mol. The van der Waals surface area contributed by atoms with Crippen molar-refractivity contribution in [2.45, 2.75) is 87.1 Å². The Kier molecular flexibility index (Phi) is 12.5. The van der Waals surface area contributed by atoms with E-state index in [4.69, 9.17) is 29.2 Å². The molecule has 2 aliphatic rings. The molecule has 16 heteroatoms. The number of nitrogens with one attached hydrogen (secondary N) is 2. The fourth-order valence-corrected chi connectivity index (χ4v) is 3.61. The van der Waals surface area contributed by atoms with Crippen LogP contribution < -0.4 is 10.6 Å². The molecule has 16 nitrogen and oxygen atoms in total. The minimum Gasteiger partial charge on any atom is -0.417 e. The maximum atomic E-state index is 11.9. The number of aliphatic hydroxyl groups excluding tert-OH is 8. The standard InChI is InChI=1S/C20H36N2O14/c23-7-9-11(25)13(27)15(29)17(33-9)35-19(31)21-5-3-1-2-4-6-22-20(32)36-18-16(30)14(28)12(26)10(8-24)34-18/h9-18,23-30H,1-8H2,(H,21,31)(H,22,32)/t9-,10-,11+,12+,13+,14+,15-,16-,17+,18+/m1/s1. The molecule has 0 spiro atoms. The Balaban J connectivity index is 1.54. The number of ether oxygens (including phenoxy) is 4. The van der Waals surface area contributed by atoms with Gasteiger partial charge in [-0.2, -0.15) is 0 Å². The molecule has 210 valence electrons. The van der Waals surface area contributed by atoms with Crippen molar-refractivity contribution in [3.8, 4) is 0 Å². The molecule has 0 aromatic rings. The lowest BCUT2D eigenvalue weighted by Crippen LogP contribution is -2.59. The Labute approximate surface area is 206 Å². The van der Waals surface area contributed by atoms with E-state index in [1.54, 1.807) is 0 Å². The van der Waals surface area contributed by atoms with Gasteiger partial charge in [-0.3, -0.25) is 0 Å². The number of alkyl carbamates (subject to hydrolysis) is 2. The molecule has 0 aromatic heterocycles. The Bertz CT molecular complexity index is 627. The molecule has 0 bridgehead atoms. The largest absolute Gasteiger partial charge is 0.417 e. The van der Waals surface area contributed by atoms with Crippen LogP contribution in [0.1, 0.15) is 25.7 Å². The van der Waals surface area contributed by atoms with E-state index in [1.165, 1.54) is 0 Å². The van der Waals surface area contributed by atoms with Gasteiger partial charge in [-0.1, -0.05) is 12.8 Å². The second-order valence-corrected chi connectivity index (χ2v) is 8.47. The lowest BCUT2D eigenvalue weighted by atomic mass is 9.99. The van der Waals surface area contributed by atoms with E-state index in [0.717, 1.165) is 0 Å². The molecule has 36 heavy (non-hydrogen) atoms. The summed E-state index contributed by atoms with van der Waals surface area (Å²) in [6.45, 7) is -0.842. The number of amides is 2. The van der Waals surface area contributed by atoms with Gasteiger partial charge in [-0.15, -0.1) is 0 Å². The maximum absolute atomic E-state index is 11.9. The predicted octanol–water partition coefficient (Wildman–Crippen LogP) is -4.40. The van der Waals surface area contributed by atoms with E-state index in [2.05, 4.69) is 10.6 Å². The topological polar surface area (TPSA) is 257 Å². The number of carbonyl (C=O) groups is 2. The molecule has 2 amide bonds. The van der Waals surface area contributed by atoms with E-state index in [0.29, 0.717) is 25.7 Å². The second kappa shape index (κ2) is 14.8. The first-order valence-electron chi connectivity index (χ1n) is 11.6. The normalized spacial score (nSPS) is 36.7. The fraction of sp³-hybridized carbons (Fsp3) is 0.900. The van der Waals surface area contributed by atoms with Gasteiger partial charge in [0.25, 0.3) is 0 Å². The molecule has 10 atom stereocenters. The van der Waals surface area contributed by atoms with Crippen LogP contribution in [-0.4, -0.2) is 141 Å². The van der Waals surface area contributed by atoms with Crippen molar-refractivity contribution < 1.29 is 69.4 Å². The molecule has 2 aliphatic heterocycles. The molecule has 0 aromatic carbocycles. The predicted molar refractivity (Wildman–Crippen MR) is 115 cm³/mol. The van der Waals surface area contributed by atoms with Crippen LogP contribution in [0.3, 0.4) is 0 Å². The van der Waals surface area contributed by atoms with Crippen molar-refractivity contribution in [1.29, 1.82) is 0 Å². The third kappa shape index (κ3) is 8.34. The van der Waals surface area contributed by atoms with Gasteiger partial charge < -0.3 is 70.4 Å². The number of unbranched alkanes of at least 4 members (excludes halogenated alkanes) is 3. The van der Waals surface area contributed by atoms with E-state index in [1.807, 2.05) is 0 Å². The molecule has 0 radical (unpaired) electrons. The van der Waals surface area contributed by atoms with Gasteiger partial charge >= 0.3 is 12.2 Å². The Morgan fingerprint density at radius 2 is 0.944 bits per heavy atom. The van der Waals surface area contributed by atoms with Crippen LogP contribution >= 0.6 is 0 Å². The number of carbonyl (C=O) groups excluding carboxylic acids is 2. The molecular formula is C20H36N2O14. The fourth-order valence-electron chi connectivity index (χ4n) is 3.61. The van der Waals surface area contributed by atoms with Crippen molar-refractivity contribution in [3.05, 3.63) is 0 Å². The summed E-state index contributed by atoms with van der Waals surface area (Å²) in [5, 5.41) is 81.6. The van der Waals surface area contributed by atoms with Gasteiger partial charge in [0, 0.05) is 13.1 Å². The minimum absolute atomic E-state index is 0.225. The summed E-state index contributed by atoms with van der Waals surface area (Å²) in [6.07, 6.45) is -14.7. The lowest BCUT2D eigenvalue weighted by molar-refractivity contribution is -0.284. The van der Waals surface area contributed by atoms with Crippen LogP contribution in [0.4, 0.5) is 9.59 Å². The zero-order chi connectivity index (χ0) is 26.8. The molecule has 0 unspecified atom stereocenters. The lowest BCUT2D eigenvalue weighted by Gasteiger charge is -2.39.